The number of nitrogens with one attached hydrogen (secondary N) is 1. The molecule has 1 aromatic rings. The van der Waals surface area contributed by atoms with E-state index in [1.54, 1.807) is 0 Å². The van der Waals surface area contributed by atoms with E-state index in [2.05, 4.69) is 5.32 Å². The molecule has 0 aliphatic heterocycles. The van der Waals surface area contributed by atoms with E-state index in [0.29, 0.717) is 12.2 Å². The fourth-order valence-corrected chi connectivity index (χ4v) is 2.30. The predicted molar refractivity (Wildman–Crippen MR) is 75.8 cm³/mol. The number of carbonyl (C=O) groups excluding carboxylic acids is 1. The summed E-state index contributed by atoms with van der Waals surface area (Å²) in [6.07, 6.45) is 1.47. The van der Waals surface area contributed by atoms with E-state index in [1.807, 2.05) is 38.1 Å². The monoisotopic (exact) mass is 267 g/mol. The standard InChI is InChI=1S/C14H21NO2S/c1-3-12(8-9-16)15-14(17)10-18-13-6-4-11(2)5-7-13/h4-7,12,16H,3,8-10H2,1-2H3,(H,15,17). The van der Waals surface area contributed by atoms with Crippen molar-refractivity contribution in [2.24, 2.45) is 0 Å². The number of amides is 1. The number of rotatable bonds is 7. The van der Waals surface area contributed by atoms with Crippen molar-refractivity contribution < 1.29 is 9.90 Å². The van der Waals surface area contributed by atoms with Crippen molar-refractivity contribution in [3.05, 3.63) is 29.8 Å². The van der Waals surface area contributed by atoms with Crippen LogP contribution in [0.25, 0.3) is 0 Å². The molecule has 1 atom stereocenters. The molecule has 0 radical (unpaired) electrons. The van der Waals surface area contributed by atoms with Crippen LogP contribution < -0.4 is 5.32 Å². The molecule has 1 rings (SSSR count). The molecule has 0 heterocycles. The quantitative estimate of drug-likeness (QED) is 0.746. The Morgan fingerprint density at radius 1 is 1.39 bits per heavy atom. The Kier molecular flexibility index (Phi) is 6.83. The minimum Gasteiger partial charge on any atom is -0.396 e. The fourth-order valence-electron chi connectivity index (χ4n) is 1.59. The van der Waals surface area contributed by atoms with Crippen molar-refractivity contribution >= 4 is 17.7 Å². The lowest BCUT2D eigenvalue weighted by atomic mass is 10.1. The van der Waals surface area contributed by atoms with Crippen LogP contribution in [0.1, 0.15) is 25.3 Å². The lowest BCUT2D eigenvalue weighted by Gasteiger charge is -2.15. The Bertz CT molecular complexity index is 365. The summed E-state index contributed by atoms with van der Waals surface area (Å²) >= 11 is 1.53. The third-order valence-corrected chi connectivity index (χ3v) is 3.74. The zero-order valence-corrected chi connectivity index (χ0v) is 11.8. The fraction of sp³-hybridized carbons (Fsp3) is 0.500. The highest BCUT2D eigenvalue weighted by Gasteiger charge is 2.09. The van der Waals surface area contributed by atoms with Gasteiger partial charge in [0.15, 0.2) is 0 Å². The molecule has 0 fully saturated rings. The number of hydrogen-bond acceptors (Lipinski definition) is 3. The van der Waals surface area contributed by atoms with Gasteiger partial charge in [-0.3, -0.25) is 4.79 Å². The summed E-state index contributed by atoms with van der Waals surface area (Å²) in [6.45, 7) is 4.17. The summed E-state index contributed by atoms with van der Waals surface area (Å²) in [5.41, 5.74) is 1.22. The second-order valence-corrected chi connectivity index (χ2v) is 5.34. The van der Waals surface area contributed by atoms with Crippen LogP contribution in [-0.2, 0) is 4.79 Å². The molecule has 0 saturated carbocycles. The molecule has 0 aromatic heterocycles. The Hall–Kier alpha value is -1.00. The SMILES string of the molecule is CCC(CCO)NC(=O)CSc1ccc(C)cc1. The average molecular weight is 267 g/mol. The highest BCUT2D eigenvalue weighted by molar-refractivity contribution is 8.00. The number of aliphatic hydroxyl groups excluding tert-OH is 1. The van der Waals surface area contributed by atoms with E-state index < -0.39 is 0 Å². The lowest BCUT2D eigenvalue weighted by molar-refractivity contribution is -0.119. The molecule has 0 aliphatic carbocycles. The van der Waals surface area contributed by atoms with E-state index >= 15 is 0 Å². The largest absolute Gasteiger partial charge is 0.396 e. The molecule has 0 spiro atoms. The molecule has 3 nitrogen and oxygen atoms in total. The Morgan fingerprint density at radius 2 is 2.06 bits per heavy atom. The molecule has 0 saturated heterocycles. The first-order chi connectivity index (χ1) is 8.65. The van der Waals surface area contributed by atoms with Crippen molar-refractivity contribution in [3.8, 4) is 0 Å². The van der Waals surface area contributed by atoms with Crippen LogP contribution in [0.15, 0.2) is 29.2 Å². The van der Waals surface area contributed by atoms with Crippen LogP contribution in [0, 0.1) is 6.92 Å². The van der Waals surface area contributed by atoms with Gasteiger partial charge in [-0.05, 0) is 31.9 Å². The summed E-state index contributed by atoms with van der Waals surface area (Å²) in [5, 5.41) is 11.8. The summed E-state index contributed by atoms with van der Waals surface area (Å²) in [4.78, 5) is 12.8. The van der Waals surface area contributed by atoms with E-state index in [4.69, 9.17) is 5.11 Å². The van der Waals surface area contributed by atoms with Gasteiger partial charge < -0.3 is 10.4 Å². The zero-order valence-electron chi connectivity index (χ0n) is 11.0. The van der Waals surface area contributed by atoms with Crippen molar-refractivity contribution in [1.29, 1.82) is 0 Å². The van der Waals surface area contributed by atoms with Gasteiger partial charge in [0, 0.05) is 17.5 Å². The van der Waals surface area contributed by atoms with Gasteiger partial charge in [0.2, 0.25) is 5.91 Å². The van der Waals surface area contributed by atoms with Crippen LogP contribution in [0.2, 0.25) is 0 Å². The molecule has 1 unspecified atom stereocenters. The van der Waals surface area contributed by atoms with Crippen molar-refractivity contribution in [2.75, 3.05) is 12.4 Å². The second-order valence-electron chi connectivity index (χ2n) is 4.29. The first-order valence-corrected chi connectivity index (χ1v) is 7.24. The highest BCUT2D eigenvalue weighted by atomic mass is 32.2. The molecule has 0 bridgehead atoms. The van der Waals surface area contributed by atoms with Gasteiger partial charge in [0.25, 0.3) is 0 Å². The molecule has 2 N–H and O–H groups in total. The van der Waals surface area contributed by atoms with Crippen LogP contribution in [0.5, 0.6) is 0 Å². The number of aryl methyl sites for hydroxylation is 1. The van der Waals surface area contributed by atoms with Crippen molar-refractivity contribution in [1.82, 2.24) is 5.32 Å². The predicted octanol–water partition coefficient (Wildman–Crippen LogP) is 2.36. The molecule has 100 valence electrons. The van der Waals surface area contributed by atoms with E-state index in [-0.39, 0.29) is 18.6 Å². The van der Waals surface area contributed by atoms with E-state index in [9.17, 15) is 4.79 Å². The third kappa shape index (κ3) is 5.56. The van der Waals surface area contributed by atoms with Gasteiger partial charge in [-0.1, -0.05) is 24.6 Å². The van der Waals surface area contributed by atoms with Crippen LogP contribution in [0.4, 0.5) is 0 Å². The Labute approximate surface area is 113 Å². The number of aliphatic hydroxyl groups is 1. The maximum atomic E-state index is 11.7. The van der Waals surface area contributed by atoms with Gasteiger partial charge in [-0.15, -0.1) is 11.8 Å². The topological polar surface area (TPSA) is 49.3 Å². The second kappa shape index (κ2) is 8.16. The van der Waals surface area contributed by atoms with Gasteiger partial charge in [0.1, 0.15) is 0 Å². The Balaban J connectivity index is 2.34. The first-order valence-electron chi connectivity index (χ1n) is 6.25. The summed E-state index contributed by atoms with van der Waals surface area (Å²) in [7, 11) is 0. The maximum absolute atomic E-state index is 11.7. The third-order valence-electron chi connectivity index (χ3n) is 2.73. The number of thioether (sulfide) groups is 1. The zero-order chi connectivity index (χ0) is 13.4. The lowest BCUT2D eigenvalue weighted by Crippen LogP contribution is -2.36. The van der Waals surface area contributed by atoms with Crippen molar-refractivity contribution in [2.45, 2.75) is 37.6 Å². The van der Waals surface area contributed by atoms with Crippen LogP contribution in [-0.4, -0.2) is 29.4 Å². The number of hydrogen-bond donors (Lipinski definition) is 2. The highest BCUT2D eigenvalue weighted by Crippen LogP contribution is 2.17. The number of benzene rings is 1. The first kappa shape index (κ1) is 15.1. The summed E-state index contributed by atoms with van der Waals surface area (Å²) < 4.78 is 0. The molecule has 18 heavy (non-hydrogen) atoms. The van der Waals surface area contributed by atoms with Gasteiger partial charge in [-0.25, -0.2) is 0 Å². The van der Waals surface area contributed by atoms with Crippen LogP contribution >= 0.6 is 11.8 Å². The van der Waals surface area contributed by atoms with Crippen molar-refractivity contribution in [3.63, 3.8) is 0 Å². The molecular formula is C14H21NO2S. The molecular weight excluding hydrogens is 246 g/mol. The van der Waals surface area contributed by atoms with Gasteiger partial charge in [-0.2, -0.15) is 0 Å². The van der Waals surface area contributed by atoms with E-state index in [1.165, 1.54) is 17.3 Å². The molecule has 1 amide bonds. The minimum absolute atomic E-state index is 0.0286. The maximum Gasteiger partial charge on any atom is 0.230 e. The van der Waals surface area contributed by atoms with Crippen LogP contribution in [0.3, 0.4) is 0 Å². The Morgan fingerprint density at radius 3 is 2.61 bits per heavy atom. The van der Waals surface area contributed by atoms with Gasteiger partial charge >= 0.3 is 0 Å². The molecule has 0 aliphatic rings. The minimum atomic E-state index is 0.0286. The van der Waals surface area contributed by atoms with E-state index in [0.717, 1.165) is 11.3 Å². The molecule has 4 heteroatoms. The normalized spacial score (nSPS) is 12.2. The van der Waals surface area contributed by atoms with Gasteiger partial charge in [0.05, 0.1) is 5.75 Å². The smallest absolute Gasteiger partial charge is 0.230 e. The average Bonchev–Trinajstić information content (AvgIpc) is 2.37. The summed E-state index contributed by atoms with van der Waals surface area (Å²) in [5.74, 6) is 0.450. The summed E-state index contributed by atoms with van der Waals surface area (Å²) in [6, 6.07) is 8.22. The molecule has 1 aromatic carbocycles. The number of carbonyl (C=O) groups is 1.